The summed E-state index contributed by atoms with van der Waals surface area (Å²) in [5.74, 6) is -0.664. The molecule has 164 valence electrons. The molecular formula is C24H19F3N2O3. The molecule has 0 atom stereocenters. The Hall–Kier alpha value is -3.81. The molecular weight excluding hydrogens is 421 g/mol. The number of carbonyl (C=O) groups is 2. The van der Waals surface area contributed by atoms with Crippen molar-refractivity contribution in [3.63, 3.8) is 0 Å². The number of alkyl halides is 3. The van der Waals surface area contributed by atoms with Crippen LogP contribution in [0.15, 0.2) is 72.8 Å². The first-order valence-corrected chi connectivity index (χ1v) is 9.91. The molecule has 1 heterocycles. The maximum Gasteiger partial charge on any atom is 0.416 e. The van der Waals surface area contributed by atoms with Crippen LogP contribution in [0.5, 0.6) is 5.75 Å². The Labute approximate surface area is 182 Å². The predicted octanol–water partition coefficient (Wildman–Crippen LogP) is 4.93. The molecule has 0 spiro atoms. The number of amides is 2. The lowest BCUT2D eigenvalue weighted by Gasteiger charge is -2.19. The van der Waals surface area contributed by atoms with Gasteiger partial charge in [-0.05, 0) is 48.4 Å². The first-order valence-electron chi connectivity index (χ1n) is 9.91. The van der Waals surface area contributed by atoms with Crippen molar-refractivity contribution in [2.24, 2.45) is 0 Å². The third-order valence-electron chi connectivity index (χ3n) is 5.08. The molecule has 32 heavy (non-hydrogen) atoms. The highest BCUT2D eigenvalue weighted by Gasteiger charge is 2.30. The van der Waals surface area contributed by atoms with Crippen molar-refractivity contribution in [3.05, 3.63) is 89.5 Å². The lowest BCUT2D eigenvalue weighted by atomic mass is 10.1. The number of anilines is 2. The van der Waals surface area contributed by atoms with E-state index in [9.17, 15) is 22.8 Å². The van der Waals surface area contributed by atoms with Gasteiger partial charge in [0.15, 0.2) is 6.61 Å². The number of nitrogens with one attached hydrogen (secondary N) is 1. The van der Waals surface area contributed by atoms with Crippen molar-refractivity contribution in [2.45, 2.75) is 12.6 Å². The van der Waals surface area contributed by atoms with Gasteiger partial charge in [-0.25, -0.2) is 0 Å². The number of hydrogen-bond acceptors (Lipinski definition) is 3. The molecule has 0 saturated carbocycles. The second-order valence-electron chi connectivity index (χ2n) is 7.25. The van der Waals surface area contributed by atoms with E-state index in [0.717, 1.165) is 29.8 Å². The zero-order valence-electron chi connectivity index (χ0n) is 16.9. The van der Waals surface area contributed by atoms with Crippen LogP contribution in [-0.4, -0.2) is 25.0 Å². The number of rotatable bonds is 5. The van der Waals surface area contributed by atoms with Gasteiger partial charge in [-0.1, -0.05) is 36.4 Å². The number of benzene rings is 3. The van der Waals surface area contributed by atoms with Gasteiger partial charge < -0.3 is 15.0 Å². The Morgan fingerprint density at radius 3 is 2.53 bits per heavy atom. The van der Waals surface area contributed by atoms with Crippen molar-refractivity contribution >= 4 is 23.2 Å². The lowest BCUT2D eigenvalue weighted by Crippen LogP contribution is -2.29. The normalized spacial score (nSPS) is 12.9. The Balaban J connectivity index is 1.44. The summed E-state index contributed by atoms with van der Waals surface area (Å²) in [5, 5.41) is 2.38. The summed E-state index contributed by atoms with van der Waals surface area (Å²) in [6.45, 7) is 0.0830. The number of para-hydroxylation sites is 2. The first-order chi connectivity index (χ1) is 15.3. The SMILES string of the molecule is O=C(COc1ccccc1C(=O)N1CCc2ccccc21)Nc1cccc(C(F)(F)F)c1. The summed E-state index contributed by atoms with van der Waals surface area (Å²) >= 11 is 0. The number of hydrogen-bond donors (Lipinski definition) is 1. The van der Waals surface area contributed by atoms with Crippen molar-refractivity contribution in [1.29, 1.82) is 0 Å². The van der Waals surface area contributed by atoms with Crippen molar-refractivity contribution in [3.8, 4) is 5.75 Å². The summed E-state index contributed by atoms with van der Waals surface area (Å²) in [5.41, 5.74) is 1.37. The maximum absolute atomic E-state index is 13.1. The van der Waals surface area contributed by atoms with Crippen LogP contribution in [0.25, 0.3) is 0 Å². The topological polar surface area (TPSA) is 58.6 Å². The van der Waals surface area contributed by atoms with E-state index in [4.69, 9.17) is 4.74 Å². The van der Waals surface area contributed by atoms with E-state index in [1.165, 1.54) is 12.1 Å². The average Bonchev–Trinajstić information content (AvgIpc) is 3.21. The minimum Gasteiger partial charge on any atom is -0.483 e. The van der Waals surface area contributed by atoms with Crippen molar-refractivity contribution < 1.29 is 27.5 Å². The van der Waals surface area contributed by atoms with E-state index in [1.54, 1.807) is 29.2 Å². The fourth-order valence-electron chi connectivity index (χ4n) is 3.58. The zero-order valence-corrected chi connectivity index (χ0v) is 16.9. The van der Waals surface area contributed by atoms with Crippen LogP contribution >= 0.6 is 0 Å². The van der Waals surface area contributed by atoms with Gasteiger partial charge >= 0.3 is 6.18 Å². The van der Waals surface area contributed by atoms with E-state index < -0.39 is 24.3 Å². The maximum atomic E-state index is 13.1. The van der Waals surface area contributed by atoms with Gasteiger partial charge in [-0.2, -0.15) is 13.2 Å². The van der Waals surface area contributed by atoms with Crippen LogP contribution < -0.4 is 15.0 Å². The smallest absolute Gasteiger partial charge is 0.416 e. The van der Waals surface area contributed by atoms with E-state index in [-0.39, 0.29) is 17.3 Å². The van der Waals surface area contributed by atoms with Crippen LogP contribution in [0.4, 0.5) is 24.5 Å². The van der Waals surface area contributed by atoms with Crippen molar-refractivity contribution in [2.75, 3.05) is 23.4 Å². The van der Waals surface area contributed by atoms with E-state index >= 15 is 0 Å². The third kappa shape index (κ3) is 4.59. The summed E-state index contributed by atoms with van der Waals surface area (Å²) in [6, 6.07) is 18.5. The first kappa shape index (κ1) is 21.4. The molecule has 3 aromatic carbocycles. The minimum absolute atomic E-state index is 0.00598. The Morgan fingerprint density at radius 1 is 0.969 bits per heavy atom. The molecule has 1 aliphatic heterocycles. The Kier molecular flexibility index (Phi) is 5.85. The van der Waals surface area contributed by atoms with E-state index in [2.05, 4.69) is 5.32 Å². The van der Waals surface area contributed by atoms with Crippen LogP contribution in [0.1, 0.15) is 21.5 Å². The molecule has 0 bridgehead atoms. The standard InChI is InChI=1S/C24H19F3N2O3/c25-24(26,27)17-7-5-8-18(14-17)28-22(30)15-32-21-11-4-2-9-19(21)23(31)29-13-12-16-6-1-3-10-20(16)29/h1-11,14H,12-13,15H2,(H,28,30). The van der Waals surface area contributed by atoms with Crippen molar-refractivity contribution in [1.82, 2.24) is 0 Å². The molecule has 4 rings (SSSR count). The number of nitrogens with zero attached hydrogens (tertiary/aromatic N) is 1. The zero-order chi connectivity index (χ0) is 22.7. The van der Waals surface area contributed by atoms with E-state index in [1.807, 2.05) is 24.3 Å². The summed E-state index contributed by atoms with van der Waals surface area (Å²) in [6.07, 6.45) is -3.75. The highest BCUT2D eigenvalue weighted by atomic mass is 19.4. The molecule has 1 N–H and O–H groups in total. The van der Waals surface area contributed by atoms with Gasteiger partial charge in [-0.15, -0.1) is 0 Å². The lowest BCUT2D eigenvalue weighted by molar-refractivity contribution is -0.137. The van der Waals surface area contributed by atoms with Gasteiger partial charge in [0.1, 0.15) is 5.75 Å². The molecule has 0 radical (unpaired) electrons. The van der Waals surface area contributed by atoms with Gasteiger partial charge in [-0.3, -0.25) is 9.59 Å². The second kappa shape index (κ2) is 8.74. The fourth-order valence-corrected chi connectivity index (χ4v) is 3.58. The molecule has 8 heteroatoms. The summed E-state index contributed by atoms with van der Waals surface area (Å²) in [7, 11) is 0. The molecule has 0 saturated heterocycles. The molecule has 0 aromatic heterocycles. The Morgan fingerprint density at radius 2 is 1.72 bits per heavy atom. The molecule has 0 aliphatic carbocycles. The fraction of sp³-hybridized carbons (Fsp3) is 0.167. The molecule has 1 aliphatic rings. The molecule has 0 fully saturated rings. The van der Waals surface area contributed by atoms with Crippen LogP contribution in [0, 0.1) is 0 Å². The second-order valence-corrected chi connectivity index (χ2v) is 7.25. The highest BCUT2D eigenvalue weighted by Crippen LogP contribution is 2.32. The molecule has 3 aromatic rings. The van der Waals surface area contributed by atoms with Gasteiger partial charge in [0, 0.05) is 17.9 Å². The van der Waals surface area contributed by atoms with Crippen LogP contribution in [0.3, 0.4) is 0 Å². The number of fused-ring (bicyclic) bond motifs is 1. The number of carbonyl (C=O) groups excluding carboxylic acids is 2. The summed E-state index contributed by atoms with van der Waals surface area (Å²) < 4.78 is 44.1. The number of ether oxygens (including phenoxy) is 1. The number of halogens is 3. The molecule has 2 amide bonds. The monoisotopic (exact) mass is 440 g/mol. The van der Waals surface area contributed by atoms with Gasteiger partial charge in [0.2, 0.25) is 0 Å². The summed E-state index contributed by atoms with van der Waals surface area (Å²) in [4.78, 5) is 27.0. The quantitative estimate of drug-likeness (QED) is 0.612. The average molecular weight is 440 g/mol. The minimum atomic E-state index is -4.51. The third-order valence-corrected chi connectivity index (χ3v) is 5.08. The van der Waals surface area contributed by atoms with Crippen LogP contribution in [-0.2, 0) is 17.4 Å². The van der Waals surface area contributed by atoms with Crippen LogP contribution in [0.2, 0.25) is 0 Å². The molecule has 0 unspecified atom stereocenters. The molecule has 5 nitrogen and oxygen atoms in total. The largest absolute Gasteiger partial charge is 0.483 e. The van der Waals surface area contributed by atoms with Gasteiger partial charge in [0.25, 0.3) is 11.8 Å². The van der Waals surface area contributed by atoms with E-state index in [0.29, 0.717) is 12.1 Å². The Bertz CT molecular complexity index is 1160. The highest BCUT2D eigenvalue weighted by molar-refractivity contribution is 6.09. The predicted molar refractivity (Wildman–Crippen MR) is 114 cm³/mol. The van der Waals surface area contributed by atoms with Gasteiger partial charge in [0.05, 0.1) is 11.1 Å².